The van der Waals surface area contributed by atoms with Crippen molar-refractivity contribution in [3.05, 3.63) is 59.6 Å². The average molecular weight is 400 g/mol. The van der Waals surface area contributed by atoms with Crippen LogP contribution in [0.3, 0.4) is 0 Å². The Labute approximate surface area is 166 Å². The van der Waals surface area contributed by atoms with Gasteiger partial charge >= 0.3 is 5.91 Å². The quantitative estimate of drug-likeness (QED) is 0.618. The van der Waals surface area contributed by atoms with E-state index in [-0.39, 0.29) is 5.76 Å². The van der Waals surface area contributed by atoms with Gasteiger partial charge in [-0.1, -0.05) is 0 Å². The third-order valence-corrected chi connectivity index (χ3v) is 4.22. The van der Waals surface area contributed by atoms with Crippen LogP contribution in [0.15, 0.2) is 46.9 Å². The molecule has 3 aromatic rings. The summed E-state index contributed by atoms with van der Waals surface area (Å²) in [6, 6.07) is 10.5. The van der Waals surface area contributed by atoms with E-state index in [1.165, 1.54) is 31.2 Å². The molecule has 0 aliphatic heterocycles. The van der Waals surface area contributed by atoms with Crippen molar-refractivity contribution in [2.75, 3.05) is 6.61 Å². The molecular formula is C21H21FN2O5. The molecule has 2 amide bonds. The Kier molecular flexibility index (Phi) is 6.01. The number of hydrogen-bond acceptors (Lipinski definition) is 5. The highest BCUT2D eigenvalue weighted by atomic mass is 19.1. The Morgan fingerprint density at radius 3 is 2.48 bits per heavy atom. The Bertz CT molecular complexity index is 1030. The Hall–Kier alpha value is -3.55. The Morgan fingerprint density at radius 1 is 1.10 bits per heavy atom. The van der Waals surface area contributed by atoms with Gasteiger partial charge < -0.3 is 13.9 Å². The lowest BCUT2D eigenvalue weighted by Gasteiger charge is -2.14. The number of ether oxygens (including phenoxy) is 2. The van der Waals surface area contributed by atoms with Crippen molar-refractivity contribution in [1.29, 1.82) is 0 Å². The lowest BCUT2D eigenvalue weighted by Crippen LogP contribution is -2.47. The van der Waals surface area contributed by atoms with Crippen LogP contribution in [0.2, 0.25) is 0 Å². The number of nitrogens with one attached hydrogen (secondary N) is 2. The van der Waals surface area contributed by atoms with Gasteiger partial charge in [-0.2, -0.15) is 0 Å². The van der Waals surface area contributed by atoms with Gasteiger partial charge in [0.25, 0.3) is 5.91 Å². The van der Waals surface area contributed by atoms with Gasteiger partial charge in [-0.05, 0) is 63.2 Å². The molecule has 1 atom stereocenters. The maximum absolute atomic E-state index is 12.9. The van der Waals surface area contributed by atoms with Crippen LogP contribution in [0.4, 0.5) is 4.39 Å². The molecule has 8 heteroatoms. The number of hydrogen-bond donors (Lipinski definition) is 2. The molecule has 0 bridgehead atoms. The molecule has 152 valence electrons. The smallest absolute Gasteiger partial charge is 0.305 e. The van der Waals surface area contributed by atoms with E-state index in [2.05, 4.69) is 10.9 Å². The molecule has 0 spiro atoms. The van der Waals surface area contributed by atoms with Crippen molar-refractivity contribution < 1.29 is 27.9 Å². The second-order valence-electron chi connectivity index (χ2n) is 6.30. The van der Waals surface area contributed by atoms with Crippen molar-refractivity contribution in [3.8, 4) is 11.5 Å². The molecule has 2 N–H and O–H groups in total. The number of aryl methyl sites for hydroxylation is 1. The summed E-state index contributed by atoms with van der Waals surface area (Å²) in [4.78, 5) is 24.6. The largest absolute Gasteiger partial charge is 0.494 e. The number of benzene rings is 2. The van der Waals surface area contributed by atoms with Gasteiger partial charge in [-0.3, -0.25) is 20.4 Å². The van der Waals surface area contributed by atoms with E-state index < -0.39 is 23.7 Å². The third kappa shape index (κ3) is 4.66. The molecule has 0 aliphatic carbocycles. The lowest BCUT2D eigenvalue weighted by molar-refractivity contribution is -0.128. The molecular weight excluding hydrogens is 379 g/mol. The van der Waals surface area contributed by atoms with Crippen LogP contribution in [0, 0.1) is 12.7 Å². The zero-order chi connectivity index (χ0) is 21.0. The zero-order valence-corrected chi connectivity index (χ0v) is 16.2. The summed E-state index contributed by atoms with van der Waals surface area (Å²) in [5.74, 6) is -0.485. The Balaban J connectivity index is 1.63. The molecule has 1 heterocycles. The standard InChI is InChI=1S/C21H21FN2O5/c1-4-27-16-9-10-18-17(11-16)12(2)19(29-18)21(26)24-23-20(25)13(3)28-15-7-5-14(22)6-8-15/h5-11,13H,4H2,1-3H3,(H,23,25)(H,24,26)/t13-/m1/s1. The van der Waals surface area contributed by atoms with Crippen LogP contribution in [-0.2, 0) is 4.79 Å². The molecule has 0 aliphatic rings. The van der Waals surface area contributed by atoms with Gasteiger partial charge in [0.05, 0.1) is 6.61 Å². The van der Waals surface area contributed by atoms with Crippen LogP contribution in [-0.4, -0.2) is 24.5 Å². The molecule has 29 heavy (non-hydrogen) atoms. The first-order valence-corrected chi connectivity index (χ1v) is 9.07. The first-order valence-electron chi connectivity index (χ1n) is 9.07. The molecule has 1 aromatic heterocycles. The minimum absolute atomic E-state index is 0.0843. The lowest BCUT2D eigenvalue weighted by atomic mass is 10.1. The van der Waals surface area contributed by atoms with E-state index in [9.17, 15) is 14.0 Å². The van der Waals surface area contributed by atoms with E-state index in [0.29, 0.717) is 29.3 Å². The zero-order valence-electron chi connectivity index (χ0n) is 16.2. The van der Waals surface area contributed by atoms with Crippen LogP contribution >= 0.6 is 0 Å². The van der Waals surface area contributed by atoms with E-state index in [0.717, 1.165) is 5.39 Å². The van der Waals surface area contributed by atoms with Crippen LogP contribution in [0.1, 0.15) is 30.0 Å². The van der Waals surface area contributed by atoms with Gasteiger partial charge in [0.2, 0.25) is 0 Å². The van der Waals surface area contributed by atoms with Crippen molar-refractivity contribution in [2.24, 2.45) is 0 Å². The average Bonchev–Trinajstić information content (AvgIpc) is 3.04. The minimum atomic E-state index is -0.911. The third-order valence-electron chi connectivity index (χ3n) is 4.22. The maximum atomic E-state index is 12.9. The molecule has 2 aromatic carbocycles. The predicted molar refractivity (Wildman–Crippen MR) is 104 cm³/mol. The highest BCUT2D eigenvalue weighted by Crippen LogP contribution is 2.28. The molecule has 0 saturated heterocycles. The first-order chi connectivity index (χ1) is 13.9. The number of halogens is 1. The number of amides is 2. The summed E-state index contributed by atoms with van der Waals surface area (Å²) in [5.41, 5.74) is 5.77. The van der Waals surface area contributed by atoms with Gasteiger partial charge in [0, 0.05) is 10.9 Å². The van der Waals surface area contributed by atoms with Crippen molar-refractivity contribution in [3.63, 3.8) is 0 Å². The molecule has 0 saturated carbocycles. The molecule has 3 rings (SSSR count). The van der Waals surface area contributed by atoms with Crippen molar-refractivity contribution in [1.82, 2.24) is 10.9 Å². The number of furan rings is 1. The number of hydrazine groups is 1. The predicted octanol–water partition coefficient (Wildman–Crippen LogP) is 3.51. The highest BCUT2D eigenvalue weighted by Gasteiger charge is 2.20. The number of carbonyl (C=O) groups excluding carboxylic acids is 2. The molecule has 0 unspecified atom stereocenters. The van der Waals surface area contributed by atoms with Crippen LogP contribution in [0.5, 0.6) is 11.5 Å². The van der Waals surface area contributed by atoms with Crippen molar-refractivity contribution in [2.45, 2.75) is 26.9 Å². The summed E-state index contributed by atoms with van der Waals surface area (Å²) in [7, 11) is 0. The number of fused-ring (bicyclic) bond motifs is 1. The number of rotatable bonds is 6. The second kappa shape index (κ2) is 8.64. The summed E-state index contributed by atoms with van der Waals surface area (Å²) < 4.78 is 29.4. The summed E-state index contributed by atoms with van der Waals surface area (Å²) >= 11 is 0. The molecule has 7 nitrogen and oxygen atoms in total. The van der Waals surface area contributed by atoms with E-state index in [1.54, 1.807) is 25.1 Å². The molecule has 0 radical (unpaired) electrons. The highest BCUT2D eigenvalue weighted by molar-refractivity contribution is 6.00. The minimum Gasteiger partial charge on any atom is -0.494 e. The van der Waals surface area contributed by atoms with Crippen LogP contribution < -0.4 is 20.3 Å². The monoisotopic (exact) mass is 400 g/mol. The van der Waals surface area contributed by atoms with Gasteiger partial charge in [-0.25, -0.2) is 4.39 Å². The van der Waals surface area contributed by atoms with E-state index >= 15 is 0 Å². The number of carbonyl (C=O) groups is 2. The summed E-state index contributed by atoms with van der Waals surface area (Å²) in [6.45, 7) is 5.67. The molecule has 0 fully saturated rings. The fraction of sp³-hybridized carbons (Fsp3) is 0.238. The second-order valence-corrected chi connectivity index (χ2v) is 6.30. The fourth-order valence-electron chi connectivity index (χ4n) is 2.72. The van der Waals surface area contributed by atoms with E-state index in [1.807, 2.05) is 6.92 Å². The Morgan fingerprint density at radius 2 is 1.79 bits per heavy atom. The summed E-state index contributed by atoms with van der Waals surface area (Å²) in [6.07, 6.45) is -0.911. The fourth-order valence-corrected chi connectivity index (χ4v) is 2.72. The maximum Gasteiger partial charge on any atom is 0.305 e. The van der Waals surface area contributed by atoms with Crippen molar-refractivity contribution >= 4 is 22.8 Å². The van der Waals surface area contributed by atoms with E-state index in [4.69, 9.17) is 13.9 Å². The first kappa shape index (κ1) is 20.2. The topological polar surface area (TPSA) is 89.8 Å². The van der Waals surface area contributed by atoms with Gasteiger partial charge in [0.1, 0.15) is 22.9 Å². The SMILES string of the molecule is CCOc1ccc2oc(C(=O)NNC(=O)[C@@H](C)Oc3ccc(F)cc3)c(C)c2c1. The summed E-state index contributed by atoms with van der Waals surface area (Å²) in [5, 5.41) is 0.750. The van der Waals surface area contributed by atoms with Gasteiger partial charge in [-0.15, -0.1) is 0 Å². The normalized spacial score (nSPS) is 11.7. The van der Waals surface area contributed by atoms with Gasteiger partial charge in [0.15, 0.2) is 11.9 Å². The van der Waals surface area contributed by atoms with Crippen LogP contribution in [0.25, 0.3) is 11.0 Å².